The second kappa shape index (κ2) is 8.08. The largest absolute Gasteiger partial charge is 0.481 e. The van der Waals surface area contributed by atoms with Gasteiger partial charge in [0.1, 0.15) is 6.23 Å². The normalized spacial score (nSPS) is 16.8. The van der Waals surface area contributed by atoms with Crippen LogP contribution in [-0.4, -0.2) is 32.6 Å². The van der Waals surface area contributed by atoms with E-state index in [1.54, 1.807) is 11.5 Å². The van der Waals surface area contributed by atoms with Gasteiger partial charge in [-0.2, -0.15) is 0 Å². The van der Waals surface area contributed by atoms with Crippen molar-refractivity contribution < 1.29 is 14.6 Å². The number of carboxylic acid groups (broad SMARTS) is 1. The lowest BCUT2D eigenvalue weighted by atomic mass is 9.96. The summed E-state index contributed by atoms with van der Waals surface area (Å²) in [6.07, 6.45) is -1.09. The first-order chi connectivity index (χ1) is 14.0. The summed E-state index contributed by atoms with van der Waals surface area (Å²) in [5, 5.41) is 9.31. The zero-order chi connectivity index (χ0) is 20.5. The summed E-state index contributed by atoms with van der Waals surface area (Å²) in [4.78, 5) is 26.1. The lowest BCUT2D eigenvalue weighted by molar-refractivity contribution is -0.142. The molecule has 0 amide bonds. The van der Waals surface area contributed by atoms with Crippen LogP contribution in [0.5, 0.6) is 0 Å². The molecule has 0 bridgehead atoms. The van der Waals surface area contributed by atoms with Gasteiger partial charge in [0, 0.05) is 29.7 Å². The van der Waals surface area contributed by atoms with E-state index in [9.17, 15) is 14.7 Å². The van der Waals surface area contributed by atoms with E-state index in [-0.39, 0.29) is 18.0 Å². The molecule has 1 aliphatic rings. The summed E-state index contributed by atoms with van der Waals surface area (Å²) in [7, 11) is 0. The Morgan fingerprint density at radius 3 is 2.72 bits per heavy atom. The number of thioether (sulfide) groups is 1. The summed E-state index contributed by atoms with van der Waals surface area (Å²) in [5.74, 6) is 0.165. The molecule has 2 atom stereocenters. The maximum absolute atomic E-state index is 13.4. The number of imidazole rings is 1. The Labute approximate surface area is 173 Å². The fraction of sp³-hybridized carbons (Fsp3) is 0.364. The fourth-order valence-electron chi connectivity index (χ4n) is 4.19. The molecule has 1 aromatic heterocycles. The average Bonchev–Trinajstić information content (AvgIpc) is 3.22. The van der Waals surface area contributed by atoms with Crippen molar-refractivity contribution in [1.29, 1.82) is 0 Å². The van der Waals surface area contributed by atoms with Gasteiger partial charge in [-0.15, -0.1) is 11.8 Å². The highest BCUT2D eigenvalue weighted by atomic mass is 32.2. The van der Waals surface area contributed by atoms with E-state index >= 15 is 0 Å². The second-order valence-electron chi connectivity index (χ2n) is 7.25. The highest BCUT2D eigenvalue weighted by Gasteiger charge is 2.28. The smallest absolute Gasteiger partial charge is 0.331 e. The lowest BCUT2D eigenvalue weighted by Crippen LogP contribution is -2.31. The molecule has 1 aliphatic heterocycles. The van der Waals surface area contributed by atoms with Gasteiger partial charge < -0.3 is 9.84 Å². The number of rotatable bonds is 7. The maximum Gasteiger partial charge on any atom is 0.331 e. The van der Waals surface area contributed by atoms with Crippen LogP contribution >= 0.6 is 11.8 Å². The highest BCUT2D eigenvalue weighted by molar-refractivity contribution is 7.99. The number of hydrogen-bond donors (Lipinski definition) is 1. The summed E-state index contributed by atoms with van der Waals surface area (Å²) in [6, 6.07) is 13.8. The van der Waals surface area contributed by atoms with Gasteiger partial charge >= 0.3 is 11.7 Å². The Kier molecular flexibility index (Phi) is 5.52. The number of aliphatic carboxylic acids is 1. The molecule has 0 spiro atoms. The summed E-state index contributed by atoms with van der Waals surface area (Å²) >= 11 is 1.83. The van der Waals surface area contributed by atoms with Crippen LogP contribution in [0.4, 0.5) is 0 Å². The Bertz CT molecular complexity index is 1120. The van der Waals surface area contributed by atoms with Crippen LogP contribution in [0.2, 0.25) is 0 Å². The Morgan fingerprint density at radius 2 is 2.00 bits per heavy atom. The average molecular weight is 413 g/mol. The zero-order valence-electron chi connectivity index (χ0n) is 16.5. The van der Waals surface area contributed by atoms with Gasteiger partial charge in [0.15, 0.2) is 0 Å². The Morgan fingerprint density at radius 1 is 1.24 bits per heavy atom. The van der Waals surface area contributed by atoms with E-state index in [2.05, 4.69) is 25.1 Å². The third kappa shape index (κ3) is 3.60. The van der Waals surface area contributed by atoms with E-state index < -0.39 is 12.2 Å². The molecule has 29 heavy (non-hydrogen) atoms. The first-order valence-electron chi connectivity index (χ1n) is 9.76. The number of hydrogen-bond acceptors (Lipinski definition) is 4. The fourth-order valence-corrected chi connectivity index (χ4v) is 5.51. The number of carboxylic acids is 1. The minimum Gasteiger partial charge on any atom is -0.481 e. The van der Waals surface area contributed by atoms with Crippen LogP contribution in [0.1, 0.15) is 36.6 Å². The van der Waals surface area contributed by atoms with E-state index in [0.29, 0.717) is 18.7 Å². The predicted octanol–water partition coefficient (Wildman–Crippen LogP) is 4.01. The van der Waals surface area contributed by atoms with Gasteiger partial charge in [-0.25, -0.2) is 4.79 Å². The van der Waals surface area contributed by atoms with E-state index in [4.69, 9.17) is 4.74 Å². The molecule has 2 unspecified atom stereocenters. The number of nitrogens with zero attached hydrogens (tertiary/aromatic N) is 2. The minimum atomic E-state index is -0.996. The van der Waals surface area contributed by atoms with E-state index in [1.807, 2.05) is 36.0 Å². The third-order valence-electron chi connectivity index (χ3n) is 5.40. The van der Waals surface area contributed by atoms with Crippen molar-refractivity contribution in [2.75, 3.05) is 12.4 Å². The predicted molar refractivity (Wildman–Crippen MR) is 114 cm³/mol. The van der Waals surface area contributed by atoms with Gasteiger partial charge in [-0.1, -0.05) is 24.3 Å². The van der Waals surface area contributed by atoms with Crippen LogP contribution in [0.25, 0.3) is 11.0 Å². The Hall–Kier alpha value is -2.51. The van der Waals surface area contributed by atoms with Gasteiger partial charge in [0.25, 0.3) is 0 Å². The molecule has 0 saturated carbocycles. The van der Waals surface area contributed by atoms with Crippen molar-refractivity contribution >= 4 is 28.8 Å². The van der Waals surface area contributed by atoms with Crippen molar-refractivity contribution in [2.45, 2.75) is 43.9 Å². The first-order valence-corrected chi connectivity index (χ1v) is 10.7. The molecular formula is C22H24N2O4S. The number of ether oxygens (including phenoxy) is 1. The van der Waals surface area contributed by atoms with Gasteiger partial charge in [-0.05, 0) is 43.2 Å². The number of aryl methyl sites for hydroxylation is 1. The van der Waals surface area contributed by atoms with Crippen LogP contribution in [-0.2, 0) is 16.1 Å². The highest BCUT2D eigenvalue weighted by Crippen LogP contribution is 2.42. The molecule has 1 N–H and O–H groups in total. The van der Waals surface area contributed by atoms with Crippen molar-refractivity contribution in [3.05, 3.63) is 64.1 Å². The molecule has 0 fully saturated rings. The van der Waals surface area contributed by atoms with Crippen LogP contribution < -0.4 is 5.69 Å². The number of fused-ring (bicyclic) bond motifs is 2. The maximum atomic E-state index is 13.4. The number of aromatic nitrogens is 2. The Balaban J connectivity index is 1.80. The molecular weight excluding hydrogens is 388 g/mol. The standard InChI is InChI=1S/C22H24N2O4S/c1-3-28-19(11-20(25)26)24-17-9-5-4-8-16(17)23(22(24)27)12-15-13-29-18-10-6-7-14(2)21(15)18/h4-10,15,19H,3,11-13H2,1-2H3,(H,25,26). The zero-order valence-corrected chi connectivity index (χ0v) is 17.3. The van der Waals surface area contributed by atoms with Gasteiger partial charge in [0.05, 0.1) is 17.5 Å². The quantitative estimate of drug-likeness (QED) is 0.635. The SMILES string of the molecule is CCOC(CC(=O)O)n1c(=O)n(CC2CSc3cccc(C)c32)c2ccccc21. The molecule has 2 heterocycles. The second-order valence-corrected chi connectivity index (χ2v) is 8.32. The summed E-state index contributed by atoms with van der Waals surface area (Å²) in [5.41, 5.74) is 3.84. The number of carbonyl (C=O) groups is 1. The topological polar surface area (TPSA) is 73.5 Å². The van der Waals surface area contributed by atoms with Crippen molar-refractivity contribution in [1.82, 2.24) is 9.13 Å². The molecule has 4 rings (SSSR count). The number of para-hydroxylation sites is 2. The van der Waals surface area contributed by atoms with Crippen LogP contribution in [0.15, 0.2) is 52.2 Å². The third-order valence-corrected chi connectivity index (χ3v) is 6.64. The first kappa shape index (κ1) is 19.8. The van der Waals surface area contributed by atoms with Crippen molar-refractivity contribution in [2.24, 2.45) is 0 Å². The van der Waals surface area contributed by atoms with E-state index in [1.165, 1.54) is 20.6 Å². The van der Waals surface area contributed by atoms with E-state index in [0.717, 1.165) is 11.3 Å². The lowest BCUT2D eigenvalue weighted by Gasteiger charge is -2.17. The number of benzene rings is 2. The molecule has 0 saturated heterocycles. The van der Waals surface area contributed by atoms with Gasteiger partial charge in [-0.3, -0.25) is 13.9 Å². The summed E-state index contributed by atoms with van der Waals surface area (Å²) < 4.78 is 8.92. The van der Waals surface area contributed by atoms with Crippen molar-refractivity contribution in [3.8, 4) is 0 Å². The molecule has 0 aliphatic carbocycles. The molecule has 0 radical (unpaired) electrons. The van der Waals surface area contributed by atoms with Crippen LogP contribution in [0, 0.1) is 6.92 Å². The molecule has 2 aromatic carbocycles. The minimum absolute atomic E-state index is 0.224. The summed E-state index contributed by atoms with van der Waals surface area (Å²) in [6.45, 7) is 4.80. The molecule has 6 nitrogen and oxygen atoms in total. The van der Waals surface area contributed by atoms with Crippen molar-refractivity contribution in [3.63, 3.8) is 0 Å². The van der Waals surface area contributed by atoms with Gasteiger partial charge in [0.2, 0.25) is 0 Å². The molecule has 152 valence electrons. The molecule has 3 aromatic rings. The van der Waals surface area contributed by atoms with Crippen LogP contribution in [0.3, 0.4) is 0 Å². The molecule has 7 heteroatoms. The monoisotopic (exact) mass is 412 g/mol.